The lowest BCUT2D eigenvalue weighted by Gasteiger charge is -2.38. The van der Waals surface area contributed by atoms with Gasteiger partial charge >= 0.3 is 6.61 Å². The van der Waals surface area contributed by atoms with Crippen LogP contribution in [0.4, 0.5) is 8.78 Å². The van der Waals surface area contributed by atoms with E-state index in [0.29, 0.717) is 12.5 Å². The number of likely N-dealkylation sites (tertiary alicyclic amines) is 1. The maximum absolute atomic E-state index is 12.5. The van der Waals surface area contributed by atoms with E-state index in [1.807, 2.05) is 26.2 Å². The van der Waals surface area contributed by atoms with Gasteiger partial charge in [0, 0.05) is 38.3 Å². The molecule has 0 unspecified atom stereocenters. The van der Waals surface area contributed by atoms with Gasteiger partial charge in [0.1, 0.15) is 5.75 Å². The van der Waals surface area contributed by atoms with Gasteiger partial charge in [0.05, 0.1) is 0 Å². The maximum Gasteiger partial charge on any atom is 0.387 e. The first-order chi connectivity index (χ1) is 11.0. The van der Waals surface area contributed by atoms with Crippen LogP contribution >= 0.6 is 0 Å². The van der Waals surface area contributed by atoms with Gasteiger partial charge in [-0.25, -0.2) is 0 Å². The van der Waals surface area contributed by atoms with Crippen molar-refractivity contribution >= 4 is 0 Å². The lowest BCUT2D eigenvalue weighted by Crippen LogP contribution is -2.44. The average molecular weight is 328 g/mol. The molecule has 1 saturated heterocycles. The lowest BCUT2D eigenvalue weighted by molar-refractivity contribution is -0.0510. The normalized spacial score (nSPS) is 22.7. The molecule has 1 heterocycles. The molecule has 0 aliphatic carbocycles. The van der Waals surface area contributed by atoms with Crippen LogP contribution in [-0.2, 0) is 6.54 Å². The third-order valence-corrected chi connectivity index (χ3v) is 4.16. The quantitative estimate of drug-likeness (QED) is 0.833. The van der Waals surface area contributed by atoms with Gasteiger partial charge in [0.15, 0.2) is 0 Å². The van der Waals surface area contributed by atoms with E-state index in [0.717, 1.165) is 31.6 Å². The van der Waals surface area contributed by atoms with Crippen molar-refractivity contribution < 1.29 is 18.6 Å². The molecule has 1 aromatic rings. The number of piperidine rings is 1. The number of nitrogens with zero attached hydrogens (tertiary/aromatic N) is 2. The Morgan fingerprint density at radius 1 is 1.26 bits per heavy atom. The molecule has 0 bridgehead atoms. The Labute approximate surface area is 136 Å². The van der Waals surface area contributed by atoms with Crippen LogP contribution in [0.25, 0.3) is 0 Å². The second-order valence-electron chi connectivity index (χ2n) is 6.59. The second-order valence-corrected chi connectivity index (χ2v) is 6.59. The number of benzene rings is 1. The van der Waals surface area contributed by atoms with Crippen LogP contribution in [0.2, 0.25) is 0 Å². The van der Waals surface area contributed by atoms with Crippen LogP contribution in [0, 0.1) is 11.8 Å². The molecular formula is C17H26F2N2O2. The second kappa shape index (κ2) is 8.57. The SMILES string of the molecule is CN(C)C[C@H]1C[C@H](CO)CN(Cc2ccccc2OC(F)F)C1. The zero-order valence-corrected chi connectivity index (χ0v) is 13.8. The van der Waals surface area contributed by atoms with Gasteiger partial charge in [0.25, 0.3) is 0 Å². The highest BCUT2D eigenvalue weighted by molar-refractivity contribution is 5.33. The number of alkyl halides is 2. The number of halogens is 2. The van der Waals surface area contributed by atoms with Crippen molar-refractivity contribution in [2.24, 2.45) is 11.8 Å². The predicted molar refractivity (Wildman–Crippen MR) is 85.6 cm³/mol. The van der Waals surface area contributed by atoms with Crippen molar-refractivity contribution in [1.82, 2.24) is 9.80 Å². The summed E-state index contributed by atoms with van der Waals surface area (Å²) >= 11 is 0. The molecule has 6 heteroatoms. The molecule has 1 aliphatic heterocycles. The Kier molecular flexibility index (Phi) is 6.74. The highest BCUT2D eigenvalue weighted by Crippen LogP contribution is 2.27. The Hall–Kier alpha value is -1.24. The number of aliphatic hydroxyl groups excluding tert-OH is 1. The Balaban J connectivity index is 2.05. The molecule has 0 aromatic heterocycles. The first kappa shape index (κ1) is 18.1. The molecule has 1 aromatic carbocycles. The third kappa shape index (κ3) is 5.71. The maximum atomic E-state index is 12.5. The number of hydrogen-bond acceptors (Lipinski definition) is 4. The molecule has 23 heavy (non-hydrogen) atoms. The van der Waals surface area contributed by atoms with Crippen molar-refractivity contribution in [1.29, 1.82) is 0 Å². The number of rotatable bonds is 7. The van der Waals surface area contributed by atoms with Crippen LogP contribution in [-0.4, -0.2) is 61.9 Å². The number of ether oxygens (including phenoxy) is 1. The molecule has 2 atom stereocenters. The van der Waals surface area contributed by atoms with E-state index in [2.05, 4.69) is 14.5 Å². The van der Waals surface area contributed by atoms with Crippen LogP contribution in [0.5, 0.6) is 5.75 Å². The smallest absolute Gasteiger partial charge is 0.387 e. The summed E-state index contributed by atoms with van der Waals surface area (Å²) in [5.41, 5.74) is 0.759. The van der Waals surface area contributed by atoms with E-state index < -0.39 is 6.61 Å². The van der Waals surface area contributed by atoms with E-state index in [1.54, 1.807) is 12.1 Å². The minimum Gasteiger partial charge on any atom is -0.434 e. The van der Waals surface area contributed by atoms with Crippen molar-refractivity contribution in [3.05, 3.63) is 29.8 Å². The summed E-state index contributed by atoms with van der Waals surface area (Å²) in [6.07, 6.45) is 1.00. The molecule has 0 spiro atoms. The predicted octanol–water partition coefficient (Wildman–Crippen LogP) is 2.28. The zero-order chi connectivity index (χ0) is 16.8. The van der Waals surface area contributed by atoms with Crippen molar-refractivity contribution in [3.63, 3.8) is 0 Å². The average Bonchev–Trinajstić information content (AvgIpc) is 2.47. The topological polar surface area (TPSA) is 35.9 Å². The summed E-state index contributed by atoms with van der Waals surface area (Å²) in [5.74, 6) is 0.939. The molecule has 0 saturated carbocycles. The van der Waals surface area contributed by atoms with Crippen LogP contribution in [0.15, 0.2) is 24.3 Å². The van der Waals surface area contributed by atoms with Gasteiger partial charge in [-0.1, -0.05) is 18.2 Å². The van der Waals surface area contributed by atoms with Gasteiger partial charge in [-0.15, -0.1) is 0 Å². The lowest BCUT2D eigenvalue weighted by atomic mass is 9.89. The zero-order valence-electron chi connectivity index (χ0n) is 13.8. The Bertz CT molecular complexity index is 485. The fourth-order valence-electron chi connectivity index (χ4n) is 3.42. The van der Waals surface area contributed by atoms with Gasteiger partial charge in [0.2, 0.25) is 0 Å². The first-order valence-electron chi connectivity index (χ1n) is 7.98. The van der Waals surface area contributed by atoms with Crippen molar-refractivity contribution in [2.75, 3.05) is 40.3 Å². The van der Waals surface area contributed by atoms with Crippen molar-refractivity contribution in [3.8, 4) is 5.75 Å². The molecule has 0 amide bonds. The summed E-state index contributed by atoms with van der Waals surface area (Å²) < 4.78 is 29.7. The molecule has 130 valence electrons. The van der Waals surface area contributed by atoms with E-state index in [-0.39, 0.29) is 18.3 Å². The van der Waals surface area contributed by atoms with E-state index in [4.69, 9.17) is 0 Å². The summed E-state index contributed by atoms with van der Waals surface area (Å²) in [7, 11) is 4.08. The summed E-state index contributed by atoms with van der Waals surface area (Å²) in [5, 5.41) is 9.54. The molecule has 4 nitrogen and oxygen atoms in total. The highest BCUT2D eigenvalue weighted by Gasteiger charge is 2.27. The first-order valence-corrected chi connectivity index (χ1v) is 7.98. The summed E-state index contributed by atoms with van der Waals surface area (Å²) in [6, 6.07) is 6.93. The van der Waals surface area contributed by atoms with Crippen LogP contribution in [0.1, 0.15) is 12.0 Å². The number of hydrogen-bond donors (Lipinski definition) is 1. The van der Waals surface area contributed by atoms with E-state index in [9.17, 15) is 13.9 Å². The molecule has 1 aliphatic rings. The van der Waals surface area contributed by atoms with Crippen molar-refractivity contribution in [2.45, 2.75) is 19.6 Å². The monoisotopic (exact) mass is 328 g/mol. The number of para-hydroxylation sites is 1. The fourth-order valence-corrected chi connectivity index (χ4v) is 3.42. The Morgan fingerprint density at radius 3 is 2.61 bits per heavy atom. The van der Waals surface area contributed by atoms with Gasteiger partial charge in [-0.05, 0) is 38.4 Å². The third-order valence-electron chi connectivity index (χ3n) is 4.16. The molecular weight excluding hydrogens is 302 g/mol. The molecule has 1 N–H and O–H groups in total. The van der Waals surface area contributed by atoms with Gasteiger partial charge < -0.3 is 14.7 Å². The number of aliphatic hydroxyl groups is 1. The summed E-state index contributed by atoms with van der Waals surface area (Å²) in [6.45, 7) is 0.548. The van der Waals surface area contributed by atoms with E-state index in [1.165, 1.54) is 0 Å². The minimum absolute atomic E-state index is 0.162. The Morgan fingerprint density at radius 2 is 1.96 bits per heavy atom. The van der Waals surface area contributed by atoms with Crippen LogP contribution in [0.3, 0.4) is 0 Å². The standard InChI is InChI=1S/C17H26F2N2O2/c1-20(2)8-13-7-14(12-22)10-21(9-13)11-15-5-3-4-6-16(15)23-17(18)19/h3-6,13-14,17,22H,7-12H2,1-2H3/t13-,14+/m1/s1. The van der Waals surface area contributed by atoms with Gasteiger partial charge in [-0.2, -0.15) is 8.78 Å². The molecule has 1 fully saturated rings. The van der Waals surface area contributed by atoms with E-state index >= 15 is 0 Å². The minimum atomic E-state index is -2.82. The molecule has 2 rings (SSSR count). The largest absolute Gasteiger partial charge is 0.434 e. The van der Waals surface area contributed by atoms with Crippen LogP contribution < -0.4 is 4.74 Å². The summed E-state index contributed by atoms with van der Waals surface area (Å²) in [4.78, 5) is 4.38. The highest BCUT2D eigenvalue weighted by atomic mass is 19.3. The molecule has 0 radical (unpaired) electrons. The fraction of sp³-hybridized carbons (Fsp3) is 0.647. The van der Waals surface area contributed by atoms with Gasteiger partial charge in [-0.3, -0.25) is 4.90 Å².